The van der Waals surface area contributed by atoms with Gasteiger partial charge in [0.2, 0.25) is 0 Å². The third-order valence-corrected chi connectivity index (χ3v) is 3.19. The van der Waals surface area contributed by atoms with Crippen LogP contribution in [0.15, 0.2) is 36.5 Å². The minimum absolute atomic E-state index is 0.303. The van der Waals surface area contributed by atoms with Crippen LogP contribution in [0.5, 0.6) is 0 Å². The second kappa shape index (κ2) is 18.9. The molecule has 0 aromatic heterocycles. The van der Waals surface area contributed by atoms with Gasteiger partial charge in [0.25, 0.3) is 0 Å². The molecule has 0 rings (SSSR count). The Morgan fingerprint density at radius 2 is 0.964 bits per heavy atom. The zero-order chi connectivity index (χ0) is 22.7. The molecule has 0 bridgehead atoms. The maximum Gasteiger partial charge on any atom is 0.331 e. The summed E-state index contributed by atoms with van der Waals surface area (Å²) < 4.78 is 0. The van der Waals surface area contributed by atoms with E-state index in [0.29, 0.717) is 24.0 Å². The number of hydrogen-bond donors (Lipinski definition) is 4. The molecule has 0 fully saturated rings. The van der Waals surface area contributed by atoms with Crippen molar-refractivity contribution < 1.29 is 39.6 Å². The molecule has 0 aliphatic rings. The average molecular weight is 400 g/mol. The van der Waals surface area contributed by atoms with Crippen molar-refractivity contribution in [2.24, 2.45) is 0 Å². The third-order valence-electron chi connectivity index (χ3n) is 3.19. The van der Waals surface area contributed by atoms with E-state index in [1.165, 1.54) is 0 Å². The molecule has 0 aliphatic carbocycles. The van der Waals surface area contributed by atoms with E-state index in [0.717, 1.165) is 32.1 Å². The molecule has 0 saturated carbocycles. The first-order valence-electron chi connectivity index (χ1n) is 8.85. The summed E-state index contributed by atoms with van der Waals surface area (Å²) in [6, 6.07) is 0. The summed E-state index contributed by atoms with van der Waals surface area (Å²) in [4.78, 5) is 40.0. The SMILES string of the molecule is C=C(CC(=O)O)C(=O)O.C=C(CCCC)C(=O)O.C=C(CCCCC)C(=O)O. The fraction of sp³-hybridized carbons (Fsp3) is 0.500. The fourth-order valence-corrected chi connectivity index (χ4v) is 1.45. The van der Waals surface area contributed by atoms with Crippen LogP contribution in [0.4, 0.5) is 0 Å². The number of carboxylic acid groups (broad SMARTS) is 4. The van der Waals surface area contributed by atoms with Crippen LogP contribution in [0.25, 0.3) is 0 Å². The predicted octanol–water partition coefficient (Wildman–Crippen LogP) is 4.13. The van der Waals surface area contributed by atoms with Gasteiger partial charge in [0.15, 0.2) is 0 Å². The van der Waals surface area contributed by atoms with E-state index in [-0.39, 0.29) is 5.57 Å². The molecule has 8 heteroatoms. The fourth-order valence-electron chi connectivity index (χ4n) is 1.45. The normalized spacial score (nSPS) is 8.93. The molecular weight excluding hydrogens is 368 g/mol. The van der Waals surface area contributed by atoms with Crippen molar-refractivity contribution in [2.75, 3.05) is 0 Å². The minimum atomic E-state index is -1.27. The Balaban J connectivity index is -0.000000336. The van der Waals surface area contributed by atoms with Gasteiger partial charge in [0, 0.05) is 16.7 Å². The molecule has 0 aromatic carbocycles. The summed E-state index contributed by atoms with van der Waals surface area (Å²) in [6.45, 7) is 13.9. The summed E-state index contributed by atoms with van der Waals surface area (Å²) >= 11 is 0. The lowest BCUT2D eigenvalue weighted by Gasteiger charge is -1.97. The first-order valence-corrected chi connectivity index (χ1v) is 8.85. The van der Waals surface area contributed by atoms with E-state index in [4.69, 9.17) is 20.4 Å². The van der Waals surface area contributed by atoms with Crippen molar-refractivity contribution in [3.63, 3.8) is 0 Å². The lowest BCUT2D eigenvalue weighted by atomic mass is 10.1. The van der Waals surface area contributed by atoms with Crippen LogP contribution in [0.3, 0.4) is 0 Å². The first-order chi connectivity index (χ1) is 12.9. The van der Waals surface area contributed by atoms with Crippen molar-refractivity contribution in [3.8, 4) is 0 Å². The van der Waals surface area contributed by atoms with Gasteiger partial charge in [-0.1, -0.05) is 52.8 Å². The molecule has 0 heterocycles. The quantitative estimate of drug-likeness (QED) is 0.282. The largest absolute Gasteiger partial charge is 0.481 e. The van der Waals surface area contributed by atoms with Gasteiger partial charge in [-0.15, -0.1) is 0 Å². The maximum atomic E-state index is 10.2. The molecule has 0 aliphatic heterocycles. The van der Waals surface area contributed by atoms with Gasteiger partial charge in [-0.2, -0.15) is 0 Å². The first kappa shape index (κ1) is 29.8. The molecule has 0 saturated heterocycles. The molecule has 0 amide bonds. The van der Waals surface area contributed by atoms with E-state index in [2.05, 4.69) is 26.7 Å². The van der Waals surface area contributed by atoms with Crippen LogP contribution < -0.4 is 0 Å². The van der Waals surface area contributed by atoms with Gasteiger partial charge in [-0.25, -0.2) is 14.4 Å². The predicted molar refractivity (Wildman–Crippen MR) is 106 cm³/mol. The smallest absolute Gasteiger partial charge is 0.331 e. The number of carboxylic acids is 4. The van der Waals surface area contributed by atoms with Crippen molar-refractivity contribution in [1.29, 1.82) is 0 Å². The minimum Gasteiger partial charge on any atom is -0.481 e. The summed E-state index contributed by atoms with van der Waals surface area (Å²) in [7, 11) is 0. The Kier molecular flexibility index (Phi) is 20.1. The van der Waals surface area contributed by atoms with E-state index >= 15 is 0 Å². The van der Waals surface area contributed by atoms with Gasteiger partial charge in [-0.3, -0.25) is 4.79 Å². The molecule has 28 heavy (non-hydrogen) atoms. The molecule has 4 N–H and O–H groups in total. The number of carbonyl (C=O) groups is 4. The lowest BCUT2D eigenvalue weighted by molar-refractivity contribution is -0.139. The highest BCUT2D eigenvalue weighted by molar-refractivity contribution is 5.91. The highest BCUT2D eigenvalue weighted by Crippen LogP contribution is 2.06. The molecule has 160 valence electrons. The molecule has 0 aromatic rings. The topological polar surface area (TPSA) is 149 Å². The van der Waals surface area contributed by atoms with Gasteiger partial charge in [0.05, 0.1) is 6.42 Å². The van der Waals surface area contributed by atoms with Gasteiger partial charge < -0.3 is 20.4 Å². The van der Waals surface area contributed by atoms with Gasteiger partial charge >= 0.3 is 23.9 Å². The van der Waals surface area contributed by atoms with Crippen LogP contribution in [0.2, 0.25) is 0 Å². The monoisotopic (exact) mass is 400 g/mol. The zero-order valence-corrected chi connectivity index (χ0v) is 16.7. The second-order valence-corrected chi connectivity index (χ2v) is 5.86. The van der Waals surface area contributed by atoms with Crippen molar-refractivity contribution in [1.82, 2.24) is 0 Å². The number of hydrogen-bond acceptors (Lipinski definition) is 4. The van der Waals surface area contributed by atoms with E-state index in [9.17, 15) is 19.2 Å². The highest BCUT2D eigenvalue weighted by Gasteiger charge is 2.07. The second-order valence-electron chi connectivity index (χ2n) is 5.86. The zero-order valence-electron chi connectivity index (χ0n) is 16.7. The van der Waals surface area contributed by atoms with Crippen LogP contribution in [0, 0.1) is 0 Å². The standard InChI is InChI=1S/C8H14O2.C7H12O2.C5H6O4/c1-3-4-5-6-7(2)8(9)10;1-3-4-5-6(2)7(8)9;1-3(5(8)9)2-4(6)7/h2-6H2,1H3,(H,9,10);2-5H2,1H3,(H,8,9);1-2H2,(H,6,7)(H,8,9). The summed E-state index contributed by atoms with van der Waals surface area (Å²) in [6.07, 6.45) is 5.84. The molecule has 0 radical (unpaired) electrons. The van der Waals surface area contributed by atoms with Crippen LogP contribution in [0.1, 0.15) is 65.2 Å². The van der Waals surface area contributed by atoms with E-state index < -0.39 is 30.3 Å². The summed E-state index contributed by atoms with van der Waals surface area (Å²) in [5.41, 5.74) is 0.341. The Hall–Kier alpha value is -2.90. The average Bonchev–Trinajstić information content (AvgIpc) is 2.59. The third kappa shape index (κ3) is 23.1. The highest BCUT2D eigenvalue weighted by atomic mass is 16.4. The molecular formula is C20H32O8. The molecule has 8 nitrogen and oxygen atoms in total. The summed E-state index contributed by atoms with van der Waals surface area (Å²) in [5, 5.41) is 32.8. The number of aliphatic carboxylic acids is 4. The molecule has 0 atom stereocenters. The van der Waals surface area contributed by atoms with Crippen LogP contribution >= 0.6 is 0 Å². The van der Waals surface area contributed by atoms with Crippen molar-refractivity contribution in [2.45, 2.75) is 65.2 Å². The van der Waals surface area contributed by atoms with Crippen LogP contribution in [-0.4, -0.2) is 44.3 Å². The number of rotatable bonds is 12. The molecule has 0 spiro atoms. The Morgan fingerprint density at radius 1 is 0.607 bits per heavy atom. The van der Waals surface area contributed by atoms with Gasteiger partial charge in [-0.05, 0) is 25.7 Å². The van der Waals surface area contributed by atoms with E-state index in [1.807, 2.05) is 6.92 Å². The van der Waals surface area contributed by atoms with Crippen LogP contribution in [-0.2, 0) is 19.2 Å². The summed E-state index contributed by atoms with van der Waals surface area (Å²) in [5.74, 6) is -4.18. The van der Waals surface area contributed by atoms with Gasteiger partial charge in [0.1, 0.15) is 0 Å². The number of unbranched alkanes of at least 4 members (excludes halogenated alkanes) is 3. The van der Waals surface area contributed by atoms with Crippen molar-refractivity contribution >= 4 is 23.9 Å². The maximum absolute atomic E-state index is 10.2. The lowest BCUT2D eigenvalue weighted by Crippen LogP contribution is -2.04. The van der Waals surface area contributed by atoms with E-state index in [1.54, 1.807) is 0 Å². The van der Waals surface area contributed by atoms with Crippen molar-refractivity contribution in [3.05, 3.63) is 36.5 Å². The molecule has 0 unspecified atom stereocenters. The Morgan fingerprint density at radius 3 is 1.21 bits per heavy atom. The Labute approximate surface area is 165 Å². The Bertz CT molecular complexity index is 561.